The van der Waals surface area contributed by atoms with Gasteiger partial charge in [0.05, 0.1) is 0 Å². The van der Waals surface area contributed by atoms with Crippen LogP contribution < -0.4 is 0 Å². The normalized spacial score (nSPS) is 28.7. The van der Waals surface area contributed by atoms with Crippen LogP contribution >= 0.6 is 0 Å². The van der Waals surface area contributed by atoms with Crippen molar-refractivity contribution in [1.82, 2.24) is 4.90 Å². The summed E-state index contributed by atoms with van der Waals surface area (Å²) in [4.78, 5) is 27.5. The Morgan fingerprint density at radius 2 is 1.52 bits per heavy atom. The summed E-state index contributed by atoms with van der Waals surface area (Å²) in [5.74, 6) is -2.24. The number of ether oxygens (including phenoxy) is 2. The van der Waals surface area contributed by atoms with Crippen molar-refractivity contribution in [1.29, 1.82) is 0 Å². The Kier molecular flexibility index (Phi) is 4.76. The van der Waals surface area contributed by atoms with Crippen LogP contribution in [-0.4, -0.2) is 40.2 Å². The quantitative estimate of drug-likeness (QED) is 0.672. The molecule has 1 aliphatic carbocycles. The first-order valence-corrected chi connectivity index (χ1v) is 9.79. The predicted octanol–water partition coefficient (Wildman–Crippen LogP) is 4.57. The maximum atomic E-state index is 13.9. The minimum Gasteiger partial charge on any atom is -0.458 e. The molecule has 1 saturated heterocycles. The predicted molar refractivity (Wildman–Crippen MR) is 103 cm³/mol. The number of carbonyl (C=O) groups excluding carboxylic acids is 2. The summed E-state index contributed by atoms with van der Waals surface area (Å²) < 4.78 is 38.9. The van der Waals surface area contributed by atoms with Crippen molar-refractivity contribution in [2.75, 3.05) is 6.54 Å². The summed E-state index contributed by atoms with van der Waals surface area (Å²) in [6.45, 7) is 12.3. The van der Waals surface area contributed by atoms with E-state index in [1.807, 2.05) is 0 Å². The van der Waals surface area contributed by atoms with Crippen LogP contribution in [0.4, 0.5) is 13.6 Å². The lowest BCUT2D eigenvalue weighted by Gasteiger charge is -2.38. The number of rotatable bonds is 2. The van der Waals surface area contributed by atoms with Gasteiger partial charge >= 0.3 is 12.1 Å². The Morgan fingerprint density at radius 3 is 2.00 bits per heavy atom. The van der Waals surface area contributed by atoms with Gasteiger partial charge in [-0.1, -0.05) is 0 Å². The van der Waals surface area contributed by atoms with Gasteiger partial charge in [0, 0.05) is 23.9 Å². The van der Waals surface area contributed by atoms with Gasteiger partial charge in [0.1, 0.15) is 28.4 Å². The standard InChI is InChI=1S/C22H29F2NO4/c1-19(2,3)28-17(26)21(7)16-11-22(16,13-8-14(23)10-15(24)9-13)12-25(21)18(27)29-20(4,5)6/h8-10,16H,11-12H2,1-7H3. The molecule has 0 aromatic heterocycles. The average molecular weight is 409 g/mol. The van der Waals surface area contributed by atoms with Gasteiger partial charge in [-0.3, -0.25) is 4.90 Å². The van der Waals surface area contributed by atoms with Crippen LogP contribution in [0.5, 0.6) is 0 Å². The lowest BCUT2D eigenvalue weighted by atomic mass is 9.89. The third kappa shape index (κ3) is 3.83. The molecule has 0 spiro atoms. The molecule has 1 saturated carbocycles. The molecule has 5 nitrogen and oxygen atoms in total. The first-order valence-electron chi connectivity index (χ1n) is 9.79. The number of hydrogen-bond acceptors (Lipinski definition) is 4. The summed E-state index contributed by atoms with van der Waals surface area (Å²) in [5.41, 5.74) is -3.05. The fourth-order valence-electron chi connectivity index (χ4n) is 4.31. The van der Waals surface area contributed by atoms with E-state index in [0.29, 0.717) is 12.0 Å². The smallest absolute Gasteiger partial charge is 0.411 e. The van der Waals surface area contributed by atoms with E-state index in [4.69, 9.17) is 9.47 Å². The van der Waals surface area contributed by atoms with Crippen molar-refractivity contribution < 1.29 is 27.8 Å². The number of piperidine rings is 1. The van der Waals surface area contributed by atoms with Gasteiger partial charge < -0.3 is 9.47 Å². The zero-order valence-electron chi connectivity index (χ0n) is 18.1. The highest BCUT2D eigenvalue weighted by Gasteiger charge is 2.75. The number of carbonyl (C=O) groups is 2. The van der Waals surface area contributed by atoms with Gasteiger partial charge in [0.25, 0.3) is 0 Å². The molecule has 1 amide bonds. The van der Waals surface area contributed by atoms with E-state index in [2.05, 4.69) is 0 Å². The summed E-state index contributed by atoms with van der Waals surface area (Å²) in [7, 11) is 0. The fourth-order valence-corrected chi connectivity index (χ4v) is 4.31. The van der Waals surface area contributed by atoms with Gasteiger partial charge in [0.2, 0.25) is 0 Å². The molecule has 0 bridgehead atoms. The van der Waals surface area contributed by atoms with Crippen molar-refractivity contribution >= 4 is 12.1 Å². The molecule has 3 unspecified atom stereocenters. The molecule has 1 aromatic rings. The summed E-state index contributed by atoms with van der Waals surface area (Å²) in [6.07, 6.45) is -0.111. The lowest BCUT2D eigenvalue weighted by Crippen LogP contribution is -2.56. The molecule has 1 heterocycles. The fraction of sp³-hybridized carbons (Fsp3) is 0.636. The highest BCUT2D eigenvalue weighted by Crippen LogP contribution is 2.66. The Hall–Kier alpha value is -2.18. The van der Waals surface area contributed by atoms with Crippen LogP contribution in [0.2, 0.25) is 0 Å². The van der Waals surface area contributed by atoms with Gasteiger partial charge in [0.15, 0.2) is 0 Å². The average Bonchev–Trinajstić information content (AvgIpc) is 3.18. The Morgan fingerprint density at radius 1 is 1.00 bits per heavy atom. The number of likely N-dealkylation sites (tertiary alicyclic amines) is 1. The van der Waals surface area contributed by atoms with Crippen molar-refractivity contribution in [2.45, 2.75) is 77.0 Å². The number of nitrogens with zero attached hydrogens (tertiary/aromatic N) is 1. The first kappa shape index (κ1) is 21.5. The number of fused-ring (bicyclic) bond motifs is 1. The van der Waals surface area contributed by atoms with E-state index in [9.17, 15) is 18.4 Å². The third-order valence-electron chi connectivity index (χ3n) is 5.62. The van der Waals surface area contributed by atoms with Crippen molar-refractivity contribution in [2.24, 2.45) is 5.92 Å². The first-order chi connectivity index (χ1) is 13.1. The number of halogens is 2. The van der Waals surface area contributed by atoms with E-state index in [1.165, 1.54) is 17.0 Å². The van der Waals surface area contributed by atoms with Crippen LogP contribution in [0.3, 0.4) is 0 Å². The second-order valence-corrected chi connectivity index (χ2v) is 10.3. The Labute approximate surface area is 170 Å². The third-order valence-corrected chi connectivity index (χ3v) is 5.62. The second-order valence-electron chi connectivity index (χ2n) is 10.3. The van der Waals surface area contributed by atoms with Gasteiger partial charge in [-0.2, -0.15) is 0 Å². The van der Waals surface area contributed by atoms with Crippen LogP contribution in [0, 0.1) is 17.6 Å². The summed E-state index contributed by atoms with van der Waals surface area (Å²) in [6, 6.07) is 3.36. The second kappa shape index (κ2) is 6.41. The van der Waals surface area contributed by atoms with Gasteiger partial charge in [-0.15, -0.1) is 0 Å². The molecule has 0 radical (unpaired) electrons. The zero-order chi connectivity index (χ0) is 22.0. The summed E-state index contributed by atoms with van der Waals surface area (Å²) in [5, 5.41) is 0. The number of benzene rings is 1. The molecule has 160 valence electrons. The molecule has 2 fully saturated rings. The van der Waals surface area contributed by atoms with Gasteiger partial charge in [-0.05, 0) is 72.6 Å². The van der Waals surface area contributed by atoms with E-state index in [0.717, 1.165) is 6.07 Å². The number of amides is 1. The SMILES string of the molecule is CC(C)(C)OC(=O)N1CC2(c3cc(F)cc(F)c3)CC2C1(C)C(=O)OC(C)(C)C. The number of esters is 1. The monoisotopic (exact) mass is 409 g/mol. The largest absolute Gasteiger partial charge is 0.458 e. The zero-order valence-corrected chi connectivity index (χ0v) is 18.1. The number of hydrogen-bond donors (Lipinski definition) is 0. The minimum atomic E-state index is -1.29. The molecule has 3 atom stereocenters. The molecule has 2 aliphatic rings. The Bertz CT molecular complexity index is 837. The lowest BCUT2D eigenvalue weighted by molar-refractivity contribution is -0.168. The Balaban J connectivity index is 2.02. The van der Waals surface area contributed by atoms with E-state index in [1.54, 1.807) is 48.5 Å². The van der Waals surface area contributed by atoms with Crippen molar-refractivity contribution in [3.63, 3.8) is 0 Å². The van der Waals surface area contributed by atoms with Crippen LogP contribution in [0.1, 0.15) is 60.5 Å². The van der Waals surface area contributed by atoms with Crippen molar-refractivity contribution in [3.8, 4) is 0 Å². The van der Waals surface area contributed by atoms with Crippen LogP contribution in [0.15, 0.2) is 18.2 Å². The van der Waals surface area contributed by atoms with Gasteiger partial charge in [-0.25, -0.2) is 18.4 Å². The van der Waals surface area contributed by atoms with E-state index in [-0.39, 0.29) is 12.5 Å². The molecular weight excluding hydrogens is 380 g/mol. The molecule has 29 heavy (non-hydrogen) atoms. The van der Waals surface area contributed by atoms with Crippen LogP contribution in [0.25, 0.3) is 0 Å². The molecule has 3 rings (SSSR count). The molecule has 1 aliphatic heterocycles. The highest BCUT2D eigenvalue weighted by atomic mass is 19.1. The minimum absolute atomic E-state index is 0.130. The molecular formula is C22H29F2NO4. The maximum Gasteiger partial charge on any atom is 0.411 e. The molecule has 0 N–H and O–H groups in total. The molecule has 1 aromatic carbocycles. The summed E-state index contributed by atoms with van der Waals surface area (Å²) >= 11 is 0. The van der Waals surface area contributed by atoms with Crippen LogP contribution in [-0.2, 0) is 19.7 Å². The topological polar surface area (TPSA) is 55.8 Å². The van der Waals surface area contributed by atoms with Crippen molar-refractivity contribution in [3.05, 3.63) is 35.4 Å². The van der Waals surface area contributed by atoms with E-state index < -0.39 is 45.9 Å². The maximum absolute atomic E-state index is 13.9. The van der Waals surface area contributed by atoms with E-state index >= 15 is 0 Å². The highest BCUT2D eigenvalue weighted by molar-refractivity contribution is 5.89. The molecule has 7 heteroatoms.